The van der Waals surface area contributed by atoms with Gasteiger partial charge < -0.3 is 5.73 Å². The van der Waals surface area contributed by atoms with Crippen molar-refractivity contribution >= 4 is 23.3 Å². The minimum Gasteiger partial charge on any atom is -0.327 e. The fourth-order valence-corrected chi connectivity index (χ4v) is 3.85. The highest BCUT2D eigenvalue weighted by molar-refractivity contribution is 8.00. The third-order valence-electron chi connectivity index (χ3n) is 2.94. The number of aromatic nitrogens is 2. The fraction of sp³-hybridized carbons (Fsp3) is 0.800. The van der Waals surface area contributed by atoms with Gasteiger partial charge in [-0.25, -0.2) is 4.98 Å². The molecule has 0 amide bonds. The first-order chi connectivity index (χ1) is 7.25. The van der Waals surface area contributed by atoms with E-state index in [2.05, 4.69) is 9.36 Å². The maximum Gasteiger partial charge on any atom is 0.170 e. The van der Waals surface area contributed by atoms with Crippen LogP contribution in [0, 0.1) is 12.8 Å². The zero-order valence-corrected chi connectivity index (χ0v) is 10.6. The molecule has 2 unspecified atom stereocenters. The van der Waals surface area contributed by atoms with Gasteiger partial charge in [-0.05, 0) is 43.6 Å². The van der Waals surface area contributed by atoms with Crippen LogP contribution in [0.3, 0.4) is 0 Å². The van der Waals surface area contributed by atoms with Crippen LogP contribution in [0.15, 0.2) is 4.34 Å². The quantitative estimate of drug-likeness (QED) is 0.825. The summed E-state index contributed by atoms with van der Waals surface area (Å²) in [4.78, 5) is 4.33. The summed E-state index contributed by atoms with van der Waals surface area (Å²) >= 11 is 3.32. The highest BCUT2D eigenvalue weighted by atomic mass is 32.2. The molecule has 0 aliphatic heterocycles. The maximum absolute atomic E-state index is 6.03. The van der Waals surface area contributed by atoms with Gasteiger partial charge in [0.05, 0.1) is 0 Å². The maximum atomic E-state index is 6.03. The number of nitrogens with two attached hydrogens (primary N) is 1. The first-order valence-corrected chi connectivity index (χ1v) is 7.20. The number of hydrogen-bond acceptors (Lipinski definition) is 5. The van der Waals surface area contributed by atoms with Crippen LogP contribution in [-0.2, 0) is 0 Å². The van der Waals surface area contributed by atoms with E-state index in [-0.39, 0.29) is 0 Å². The summed E-state index contributed by atoms with van der Waals surface area (Å²) in [6.45, 7) is 1.94. The van der Waals surface area contributed by atoms with Gasteiger partial charge in [-0.15, -0.1) is 0 Å². The van der Waals surface area contributed by atoms with E-state index in [1.165, 1.54) is 37.2 Å². The van der Waals surface area contributed by atoms with Crippen LogP contribution in [-0.4, -0.2) is 21.2 Å². The van der Waals surface area contributed by atoms with Crippen LogP contribution >= 0.6 is 23.3 Å². The molecule has 1 aromatic rings. The second-order valence-corrected chi connectivity index (χ2v) is 6.19. The molecule has 2 N–H and O–H groups in total. The Morgan fingerprint density at radius 2 is 2.40 bits per heavy atom. The average molecular weight is 243 g/mol. The normalized spacial score (nSPS) is 26.0. The Bertz CT molecular complexity index is 313. The van der Waals surface area contributed by atoms with Gasteiger partial charge in [0.25, 0.3) is 0 Å². The predicted octanol–water partition coefficient (Wildman–Crippen LogP) is 2.46. The van der Waals surface area contributed by atoms with Crippen molar-refractivity contribution < 1.29 is 0 Å². The summed E-state index contributed by atoms with van der Waals surface area (Å²) in [5, 5.41) is 0. The van der Waals surface area contributed by atoms with E-state index < -0.39 is 0 Å². The summed E-state index contributed by atoms with van der Waals surface area (Å²) in [5.41, 5.74) is 6.03. The number of nitrogens with zero attached hydrogens (tertiary/aromatic N) is 2. The Morgan fingerprint density at radius 3 is 3.00 bits per heavy atom. The summed E-state index contributed by atoms with van der Waals surface area (Å²) in [7, 11) is 0. The summed E-state index contributed by atoms with van der Waals surface area (Å²) in [6, 6.07) is 0.446. The van der Waals surface area contributed by atoms with E-state index >= 15 is 0 Å². The second kappa shape index (κ2) is 5.27. The zero-order chi connectivity index (χ0) is 10.7. The van der Waals surface area contributed by atoms with Crippen molar-refractivity contribution in [3.63, 3.8) is 0 Å². The molecule has 15 heavy (non-hydrogen) atoms. The van der Waals surface area contributed by atoms with E-state index in [4.69, 9.17) is 5.73 Å². The molecule has 0 saturated heterocycles. The lowest BCUT2D eigenvalue weighted by atomic mass is 10.0. The second-order valence-electron chi connectivity index (χ2n) is 4.10. The number of rotatable bonds is 4. The van der Waals surface area contributed by atoms with Crippen molar-refractivity contribution in [2.75, 3.05) is 5.75 Å². The van der Waals surface area contributed by atoms with E-state index in [9.17, 15) is 0 Å². The number of hydrogen-bond donors (Lipinski definition) is 1. The monoisotopic (exact) mass is 243 g/mol. The van der Waals surface area contributed by atoms with Crippen molar-refractivity contribution in [3.05, 3.63) is 5.82 Å². The molecule has 0 radical (unpaired) electrons. The van der Waals surface area contributed by atoms with Crippen LogP contribution in [0.4, 0.5) is 0 Å². The van der Waals surface area contributed by atoms with Crippen LogP contribution in [0.1, 0.15) is 31.5 Å². The topological polar surface area (TPSA) is 51.8 Å². The van der Waals surface area contributed by atoms with E-state index in [0.29, 0.717) is 6.04 Å². The van der Waals surface area contributed by atoms with Crippen LogP contribution in [0.25, 0.3) is 0 Å². The van der Waals surface area contributed by atoms with Crippen LogP contribution in [0.5, 0.6) is 0 Å². The highest BCUT2D eigenvalue weighted by Crippen LogP contribution is 2.30. The van der Waals surface area contributed by atoms with Gasteiger partial charge in [-0.1, -0.05) is 18.2 Å². The molecular formula is C10H17N3S2. The number of thioether (sulfide) groups is 1. The molecule has 1 heterocycles. The summed E-state index contributed by atoms with van der Waals surface area (Å²) in [5.74, 6) is 2.76. The zero-order valence-electron chi connectivity index (χ0n) is 8.98. The highest BCUT2D eigenvalue weighted by Gasteiger charge is 2.23. The van der Waals surface area contributed by atoms with Gasteiger partial charge in [0, 0.05) is 11.8 Å². The lowest BCUT2D eigenvalue weighted by molar-refractivity contribution is 0.470. The van der Waals surface area contributed by atoms with E-state index in [0.717, 1.165) is 21.8 Å². The van der Waals surface area contributed by atoms with Crippen molar-refractivity contribution in [3.8, 4) is 0 Å². The molecule has 3 nitrogen and oxygen atoms in total. The van der Waals surface area contributed by atoms with Gasteiger partial charge in [0.15, 0.2) is 4.34 Å². The minimum absolute atomic E-state index is 0.446. The van der Waals surface area contributed by atoms with Crippen molar-refractivity contribution in [2.45, 2.75) is 43.0 Å². The van der Waals surface area contributed by atoms with Gasteiger partial charge in [0.2, 0.25) is 0 Å². The smallest absolute Gasteiger partial charge is 0.170 e. The molecule has 1 aromatic heterocycles. The van der Waals surface area contributed by atoms with Crippen molar-refractivity contribution in [1.29, 1.82) is 0 Å². The Balaban J connectivity index is 1.70. The largest absolute Gasteiger partial charge is 0.327 e. The summed E-state index contributed by atoms with van der Waals surface area (Å²) in [6.07, 6.45) is 5.07. The SMILES string of the molecule is Cc1nsc(SCCC2CCCC2N)n1. The Kier molecular flexibility index (Phi) is 3.99. The van der Waals surface area contributed by atoms with E-state index in [1.54, 1.807) is 0 Å². The Hall–Kier alpha value is -0.130. The molecule has 2 rings (SSSR count). The molecule has 0 bridgehead atoms. The molecule has 84 valence electrons. The van der Waals surface area contributed by atoms with Gasteiger partial charge in [-0.2, -0.15) is 4.37 Å². The minimum atomic E-state index is 0.446. The van der Waals surface area contributed by atoms with E-state index in [1.807, 2.05) is 18.7 Å². The fourth-order valence-electron chi connectivity index (χ4n) is 2.06. The lowest BCUT2D eigenvalue weighted by Crippen LogP contribution is -2.24. The first-order valence-electron chi connectivity index (χ1n) is 5.44. The lowest BCUT2D eigenvalue weighted by Gasteiger charge is -2.13. The Labute approximate surface area is 99.0 Å². The molecule has 0 aromatic carbocycles. The van der Waals surface area contributed by atoms with Crippen LogP contribution in [0.2, 0.25) is 0 Å². The molecule has 0 spiro atoms. The molecule has 2 atom stereocenters. The van der Waals surface area contributed by atoms with Crippen molar-refractivity contribution in [1.82, 2.24) is 9.36 Å². The molecule has 5 heteroatoms. The molecular weight excluding hydrogens is 226 g/mol. The van der Waals surface area contributed by atoms with Gasteiger partial charge in [-0.3, -0.25) is 0 Å². The van der Waals surface area contributed by atoms with Crippen molar-refractivity contribution in [2.24, 2.45) is 11.7 Å². The average Bonchev–Trinajstić information content (AvgIpc) is 2.77. The standard InChI is InChI=1S/C10H17N3S2/c1-7-12-10(15-13-7)14-6-5-8-3-2-4-9(8)11/h8-9H,2-6,11H2,1H3. The molecule has 1 fully saturated rings. The van der Waals surface area contributed by atoms with Crippen LogP contribution < -0.4 is 5.73 Å². The first kappa shape index (κ1) is 11.4. The molecule has 1 saturated carbocycles. The van der Waals surface area contributed by atoms with Gasteiger partial charge in [0.1, 0.15) is 5.82 Å². The predicted molar refractivity (Wildman–Crippen MR) is 65.3 cm³/mol. The van der Waals surface area contributed by atoms with Gasteiger partial charge >= 0.3 is 0 Å². The molecule has 1 aliphatic rings. The third-order valence-corrected chi connectivity index (χ3v) is 4.90. The number of aryl methyl sites for hydroxylation is 1. The third kappa shape index (κ3) is 3.16. The summed E-state index contributed by atoms with van der Waals surface area (Å²) < 4.78 is 5.26. The Morgan fingerprint density at radius 1 is 1.53 bits per heavy atom. The molecule has 1 aliphatic carbocycles.